The largest absolute Gasteiger partial charge is 0.382 e. The monoisotopic (exact) mass is 251 g/mol. The van der Waals surface area contributed by atoms with Crippen LogP contribution < -0.4 is 0 Å². The summed E-state index contributed by atoms with van der Waals surface area (Å²) >= 11 is 0. The summed E-state index contributed by atoms with van der Waals surface area (Å²) in [6.45, 7) is 3.77. The first-order valence-electron chi connectivity index (χ1n) is 5.21. The molecule has 6 nitrogen and oxygen atoms in total. The molecule has 0 amide bonds. The maximum Gasteiger partial charge on any atom is 0.281 e. The Morgan fingerprint density at radius 3 is 2.28 bits per heavy atom. The number of hydrogen-bond acceptors (Lipinski definition) is 5. The number of nitrogens with zero attached hydrogens (tertiary/aromatic N) is 1. The minimum atomic E-state index is -1.71. The fourth-order valence-electron chi connectivity index (χ4n) is 1.42. The van der Waals surface area contributed by atoms with Crippen LogP contribution in [0.15, 0.2) is 18.2 Å². The van der Waals surface area contributed by atoms with Crippen LogP contribution in [-0.2, 0) is 0 Å². The van der Waals surface area contributed by atoms with E-state index in [0.717, 1.165) is 6.07 Å². The lowest BCUT2D eigenvalue weighted by atomic mass is 9.94. The Kier molecular flexibility index (Phi) is 3.62. The zero-order valence-electron chi connectivity index (χ0n) is 10.3. The van der Waals surface area contributed by atoms with Crippen LogP contribution in [0.1, 0.15) is 41.5 Å². The van der Waals surface area contributed by atoms with E-state index in [2.05, 4.69) is 0 Å². The number of hydrogen-bond donors (Lipinski definition) is 1. The van der Waals surface area contributed by atoms with Crippen molar-refractivity contribution in [1.82, 2.24) is 0 Å². The van der Waals surface area contributed by atoms with Crippen LogP contribution in [0, 0.1) is 10.1 Å². The van der Waals surface area contributed by atoms with Crippen molar-refractivity contribution in [2.45, 2.75) is 26.4 Å². The summed E-state index contributed by atoms with van der Waals surface area (Å²) in [5.41, 5.74) is -2.25. The van der Waals surface area contributed by atoms with Crippen molar-refractivity contribution >= 4 is 17.3 Å². The highest BCUT2D eigenvalue weighted by atomic mass is 16.6. The van der Waals surface area contributed by atoms with E-state index in [1.807, 2.05) is 0 Å². The minimum absolute atomic E-state index is 0.147. The molecule has 1 rings (SSSR count). The SMILES string of the molecule is CC(=O)c1ccc(C(=O)C(C)(C)O)c([N+](=O)[O-])c1. The van der Waals surface area contributed by atoms with Crippen molar-refractivity contribution < 1.29 is 19.6 Å². The van der Waals surface area contributed by atoms with Gasteiger partial charge in [0.15, 0.2) is 5.78 Å². The normalized spacial score (nSPS) is 11.1. The Labute approximate surface area is 103 Å². The van der Waals surface area contributed by atoms with Crippen LogP contribution in [0.3, 0.4) is 0 Å². The minimum Gasteiger partial charge on any atom is -0.382 e. The molecule has 6 heteroatoms. The van der Waals surface area contributed by atoms with Crippen molar-refractivity contribution in [3.05, 3.63) is 39.4 Å². The second-order valence-electron chi connectivity index (χ2n) is 4.43. The van der Waals surface area contributed by atoms with Gasteiger partial charge >= 0.3 is 0 Å². The van der Waals surface area contributed by atoms with Crippen molar-refractivity contribution in [3.63, 3.8) is 0 Å². The molecule has 0 radical (unpaired) electrons. The lowest BCUT2D eigenvalue weighted by Gasteiger charge is -2.15. The van der Waals surface area contributed by atoms with Crippen molar-refractivity contribution in [1.29, 1.82) is 0 Å². The van der Waals surface area contributed by atoms with Gasteiger partial charge in [0.2, 0.25) is 5.78 Å². The smallest absolute Gasteiger partial charge is 0.281 e. The van der Waals surface area contributed by atoms with Crippen LogP contribution in [0.25, 0.3) is 0 Å². The van der Waals surface area contributed by atoms with Gasteiger partial charge in [0, 0.05) is 11.6 Å². The molecule has 0 bridgehead atoms. The average molecular weight is 251 g/mol. The summed E-state index contributed by atoms with van der Waals surface area (Å²) < 4.78 is 0. The standard InChI is InChI=1S/C12H13NO5/c1-7(14)8-4-5-9(10(6-8)13(17)18)11(15)12(2,3)16/h4-6,16H,1-3H3. The molecule has 1 aromatic carbocycles. The van der Waals surface area contributed by atoms with Crippen LogP contribution in [-0.4, -0.2) is 27.2 Å². The number of rotatable bonds is 4. The van der Waals surface area contributed by atoms with Gasteiger partial charge in [0.05, 0.1) is 10.5 Å². The molecule has 0 spiro atoms. The summed E-state index contributed by atoms with van der Waals surface area (Å²) in [7, 11) is 0. The number of nitro benzene ring substituents is 1. The molecule has 0 aliphatic heterocycles. The molecule has 0 unspecified atom stereocenters. The van der Waals surface area contributed by atoms with Crippen LogP contribution in [0.4, 0.5) is 5.69 Å². The van der Waals surface area contributed by atoms with E-state index in [0.29, 0.717) is 0 Å². The molecular weight excluding hydrogens is 238 g/mol. The van der Waals surface area contributed by atoms with E-state index >= 15 is 0 Å². The number of aliphatic hydroxyl groups is 1. The molecule has 0 saturated carbocycles. The molecule has 0 fully saturated rings. The van der Waals surface area contributed by atoms with Crippen molar-refractivity contribution in [3.8, 4) is 0 Å². The molecule has 0 atom stereocenters. The molecule has 1 N–H and O–H groups in total. The zero-order valence-corrected chi connectivity index (χ0v) is 10.3. The predicted molar refractivity (Wildman–Crippen MR) is 63.7 cm³/mol. The number of ketones is 2. The van der Waals surface area contributed by atoms with E-state index in [-0.39, 0.29) is 16.9 Å². The number of carbonyl (C=O) groups excluding carboxylic acids is 2. The first-order valence-corrected chi connectivity index (χ1v) is 5.21. The summed E-state index contributed by atoms with van der Waals surface area (Å²) in [5.74, 6) is -1.09. The lowest BCUT2D eigenvalue weighted by molar-refractivity contribution is -0.385. The maximum atomic E-state index is 11.8. The second kappa shape index (κ2) is 4.66. The number of benzene rings is 1. The average Bonchev–Trinajstić information content (AvgIpc) is 2.25. The molecule has 96 valence electrons. The van der Waals surface area contributed by atoms with Gasteiger partial charge < -0.3 is 5.11 Å². The molecular formula is C12H13NO5. The van der Waals surface area contributed by atoms with Crippen LogP contribution in [0.2, 0.25) is 0 Å². The highest BCUT2D eigenvalue weighted by molar-refractivity contribution is 6.06. The van der Waals surface area contributed by atoms with Gasteiger partial charge in [-0.15, -0.1) is 0 Å². The summed E-state index contributed by atoms with van der Waals surface area (Å²) in [6, 6.07) is 3.56. The van der Waals surface area contributed by atoms with E-state index in [9.17, 15) is 24.8 Å². The highest BCUT2D eigenvalue weighted by Crippen LogP contribution is 2.24. The maximum absolute atomic E-state index is 11.8. The lowest BCUT2D eigenvalue weighted by Crippen LogP contribution is -2.31. The number of nitro groups is 1. The van der Waals surface area contributed by atoms with Gasteiger partial charge in [-0.2, -0.15) is 0 Å². The number of carbonyl (C=O) groups is 2. The third kappa shape index (κ3) is 2.78. The second-order valence-corrected chi connectivity index (χ2v) is 4.43. The van der Waals surface area contributed by atoms with Gasteiger partial charge in [0.25, 0.3) is 5.69 Å². The quantitative estimate of drug-likeness (QED) is 0.499. The van der Waals surface area contributed by atoms with Gasteiger partial charge in [-0.3, -0.25) is 19.7 Å². The summed E-state index contributed by atoms with van der Waals surface area (Å²) in [6.07, 6.45) is 0. The Bertz CT molecular complexity index is 528. The zero-order chi connectivity index (χ0) is 14.1. The molecule has 0 heterocycles. The van der Waals surface area contributed by atoms with Crippen molar-refractivity contribution in [2.24, 2.45) is 0 Å². The van der Waals surface area contributed by atoms with Crippen LogP contribution >= 0.6 is 0 Å². The molecule has 0 aliphatic rings. The van der Waals surface area contributed by atoms with E-state index in [1.165, 1.54) is 32.9 Å². The first-order chi connectivity index (χ1) is 8.14. The Balaban J connectivity index is 3.42. The van der Waals surface area contributed by atoms with Gasteiger partial charge in [-0.25, -0.2) is 0 Å². The third-order valence-electron chi connectivity index (χ3n) is 2.40. The van der Waals surface area contributed by atoms with Gasteiger partial charge in [-0.05, 0) is 26.8 Å². The van der Waals surface area contributed by atoms with Gasteiger partial charge in [-0.1, -0.05) is 6.07 Å². The highest BCUT2D eigenvalue weighted by Gasteiger charge is 2.31. The Morgan fingerprint density at radius 2 is 1.89 bits per heavy atom. The fourth-order valence-corrected chi connectivity index (χ4v) is 1.42. The van der Waals surface area contributed by atoms with E-state index < -0.39 is 22.0 Å². The summed E-state index contributed by atoms with van der Waals surface area (Å²) in [4.78, 5) is 33.1. The molecule has 0 saturated heterocycles. The number of Topliss-reactive ketones (excluding diaryl/α,β-unsaturated/α-hetero) is 2. The fraction of sp³-hybridized carbons (Fsp3) is 0.333. The first kappa shape index (κ1) is 14.0. The van der Waals surface area contributed by atoms with Crippen molar-refractivity contribution in [2.75, 3.05) is 0 Å². The molecule has 1 aromatic rings. The molecule has 0 aromatic heterocycles. The summed E-state index contributed by atoms with van der Waals surface area (Å²) in [5, 5.41) is 20.5. The third-order valence-corrected chi connectivity index (χ3v) is 2.40. The van der Waals surface area contributed by atoms with E-state index in [1.54, 1.807) is 0 Å². The molecule has 18 heavy (non-hydrogen) atoms. The van der Waals surface area contributed by atoms with Crippen LogP contribution in [0.5, 0.6) is 0 Å². The Hall–Kier alpha value is -2.08. The van der Waals surface area contributed by atoms with Gasteiger partial charge in [0.1, 0.15) is 5.60 Å². The molecule has 0 aliphatic carbocycles. The van der Waals surface area contributed by atoms with E-state index in [4.69, 9.17) is 0 Å². The predicted octanol–water partition coefficient (Wildman–Crippen LogP) is 1.75. The topological polar surface area (TPSA) is 97.5 Å². The Morgan fingerprint density at radius 1 is 1.33 bits per heavy atom.